The van der Waals surface area contributed by atoms with Crippen LogP contribution in [-0.4, -0.2) is 56.0 Å². The molecule has 1 aromatic heterocycles. The zero-order chi connectivity index (χ0) is 24.5. The number of ether oxygens (including phenoxy) is 4. The Morgan fingerprint density at radius 2 is 2.11 bits per heavy atom. The van der Waals surface area contributed by atoms with Crippen molar-refractivity contribution >= 4 is 5.78 Å². The highest BCUT2D eigenvalue weighted by Gasteiger charge is 2.73. The molecule has 1 saturated carbocycles. The molecule has 35 heavy (non-hydrogen) atoms. The van der Waals surface area contributed by atoms with Crippen molar-refractivity contribution in [2.75, 3.05) is 0 Å². The first-order chi connectivity index (χ1) is 16.7. The van der Waals surface area contributed by atoms with Gasteiger partial charge >= 0.3 is 0 Å². The Morgan fingerprint density at radius 1 is 1.29 bits per heavy atom. The van der Waals surface area contributed by atoms with Crippen LogP contribution in [-0.2, 0) is 25.6 Å². The van der Waals surface area contributed by atoms with E-state index < -0.39 is 30.1 Å². The lowest BCUT2D eigenvalue weighted by Gasteiger charge is -2.58. The van der Waals surface area contributed by atoms with Gasteiger partial charge in [-0.3, -0.25) is 4.79 Å². The van der Waals surface area contributed by atoms with Crippen LogP contribution in [0.1, 0.15) is 63.0 Å². The van der Waals surface area contributed by atoms with Crippen molar-refractivity contribution in [1.82, 2.24) is 15.0 Å². The molecule has 2 bridgehead atoms. The molecule has 0 unspecified atom stereocenters. The van der Waals surface area contributed by atoms with Gasteiger partial charge in [0, 0.05) is 17.4 Å². The second kappa shape index (κ2) is 8.18. The summed E-state index contributed by atoms with van der Waals surface area (Å²) >= 11 is 0. The number of Topliss-reactive ketones (excluding diaryl/α,β-unsaturated/α-hetero) is 1. The Kier molecular flexibility index (Phi) is 5.43. The molecule has 1 N–H and O–H groups in total. The second-order valence-corrected chi connectivity index (χ2v) is 10.9. The average molecular weight is 484 g/mol. The summed E-state index contributed by atoms with van der Waals surface area (Å²) in [4.78, 5) is 11.7. The van der Waals surface area contributed by atoms with Crippen molar-refractivity contribution < 1.29 is 28.8 Å². The maximum atomic E-state index is 11.7. The molecule has 4 aliphatic rings. The van der Waals surface area contributed by atoms with E-state index in [0.29, 0.717) is 23.6 Å². The third-order valence-electron chi connectivity index (χ3n) is 8.73. The fraction of sp³-hybridized carbons (Fsp3) is 0.654. The zero-order valence-electron chi connectivity index (χ0n) is 20.6. The minimum absolute atomic E-state index is 0.0000604. The molecule has 188 valence electrons. The van der Waals surface area contributed by atoms with Gasteiger partial charge in [-0.2, -0.15) is 0 Å². The normalized spacial score (nSPS) is 42.0. The summed E-state index contributed by atoms with van der Waals surface area (Å²) in [6, 6.07) is 7.27. The fourth-order valence-electron chi connectivity index (χ4n) is 6.80. The number of rotatable bonds is 5. The van der Waals surface area contributed by atoms with Gasteiger partial charge in [-0.15, -0.1) is 5.10 Å². The van der Waals surface area contributed by atoms with Crippen LogP contribution in [0.2, 0.25) is 0 Å². The Balaban J connectivity index is 1.19. The first kappa shape index (κ1) is 23.2. The van der Waals surface area contributed by atoms with Crippen LogP contribution in [0.5, 0.6) is 0 Å². The molecule has 3 saturated heterocycles. The van der Waals surface area contributed by atoms with E-state index in [2.05, 4.69) is 24.2 Å². The maximum absolute atomic E-state index is 11.7. The number of aliphatic hydroxyl groups is 1. The first-order valence-corrected chi connectivity index (χ1v) is 12.6. The standard InChI is InChI=1S/C26H33N3O6/c1-14-8-9-20-15(2)23(33-24-26(20)21(14)11-22(31)25(4,34-24)35-26)32-13-18-12-29(28-27-18)19-7-5-6-17(10-19)16(3)30/h5-7,10,12,14-15,20-24,31H,8-9,11,13H2,1-4H3/t14-,15-,20+,21+,22-,23+,24-,25+,26+/m1/s1. The molecule has 4 fully saturated rings. The van der Waals surface area contributed by atoms with Crippen molar-refractivity contribution in [3.63, 3.8) is 0 Å². The minimum Gasteiger partial charge on any atom is -0.388 e. The molecule has 2 aromatic rings. The Morgan fingerprint density at radius 3 is 2.91 bits per heavy atom. The number of aliphatic hydroxyl groups excluding tert-OH is 1. The number of carbonyl (C=O) groups is 1. The lowest BCUT2D eigenvalue weighted by Crippen LogP contribution is -2.67. The molecule has 1 aromatic carbocycles. The third kappa shape index (κ3) is 3.51. The molecule has 0 radical (unpaired) electrons. The molecular formula is C26H33N3O6. The molecule has 3 aliphatic heterocycles. The van der Waals surface area contributed by atoms with Crippen molar-refractivity contribution in [3.8, 4) is 5.69 Å². The number of hydrogen-bond acceptors (Lipinski definition) is 8. The lowest BCUT2D eigenvalue weighted by molar-refractivity contribution is -0.341. The quantitative estimate of drug-likeness (QED) is 0.647. The van der Waals surface area contributed by atoms with Crippen LogP contribution in [0.4, 0.5) is 0 Å². The smallest absolute Gasteiger partial charge is 0.195 e. The van der Waals surface area contributed by atoms with Gasteiger partial charge in [0.05, 0.1) is 18.5 Å². The number of ketones is 1. The summed E-state index contributed by atoms with van der Waals surface area (Å²) in [5, 5.41) is 19.2. The molecule has 4 heterocycles. The van der Waals surface area contributed by atoms with Gasteiger partial charge in [0.15, 0.2) is 24.2 Å². The van der Waals surface area contributed by atoms with Crippen LogP contribution >= 0.6 is 0 Å². The number of aromatic nitrogens is 3. The van der Waals surface area contributed by atoms with Gasteiger partial charge in [-0.25, -0.2) is 4.68 Å². The van der Waals surface area contributed by atoms with E-state index in [0.717, 1.165) is 18.5 Å². The zero-order valence-corrected chi connectivity index (χ0v) is 20.6. The van der Waals surface area contributed by atoms with E-state index in [-0.39, 0.29) is 30.1 Å². The number of carbonyl (C=O) groups excluding carboxylic acids is 1. The van der Waals surface area contributed by atoms with Crippen molar-refractivity contribution in [1.29, 1.82) is 0 Å². The molecule has 0 amide bonds. The van der Waals surface area contributed by atoms with E-state index in [1.807, 2.05) is 19.1 Å². The molecule has 9 heteroatoms. The van der Waals surface area contributed by atoms with E-state index in [4.69, 9.17) is 18.9 Å². The highest BCUT2D eigenvalue weighted by molar-refractivity contribution is 5.94. The van der Waals surface area contributed by atoms with Gasteiger partial charge in [0.2, 0.25) is 0 Å². The number of hydrogen-bond donors (Lipinski definition) is 1. The highest BCUT2D eigenvalue weighted by atomic mass is 16.9. The van der Waals surface area contributed by atoms with Crippen LogP contribution in [0.25, 0.3) is 5.69 Å². The molecule has 1 aliphatic carbocycles. The molecular weight excluding hydrogens is 450 g/mol. The Bertz CT molecular complexity index is 1140. The van der Waals surface area contributed by atoms with Crippen molar-refractivity contribution in [2.45, 2.75) is 83.6 Å². The lowest BCUT2D eigenvalue weighted by atomic mass is 9.57. The topological polar surface area (TPSA) is 105 Å². The highest BCUT2D eigenvalue weighted by Crippen LogP contribution is 2.63. The first-order valence-electron chi connectivity index (χ1n) is 12.6. The summed E-state index contributed by atoms with van der Waals surface area (Å²) < 4.78 is 27.1. The number of fused-ring (bicyclic) bond motifs is 1. The molecule has 9 atom stereocenters. The minimum atomic E-state index is -1.05. The summed E-state index contributed by atoms with van der Waals surface area (Å²) in [7, 11) is 0. The van der Waals surface area contributed by atoms with E-state index in [1.54, 1.807) is 29.9 Å². The van der Waals surface area contributed by atoms with E-state index >= 15 is 0 Å². The molecule has 9 nitrogen and oxygen atoms in total. The maximum Gasteiger partial charge on any atom is 0.195 e. The summed E-state index contributed by atoms with van der Waals surface area (Å²) in [5.74, 6) is -0.135. The summed E-state index contributed by atoms with van der Waals surface area (Å²) in [6.45, 7) is 7.99. The summed E-state index contributed by atoms with van der Waals surface area (Å²) in [5.41, 5.74) is 1.50. The fourth-order valence-corrected chi connectivity index (χ4v) is 6.80. The molecule has 6 rings (SSSR count). The van der Waals surface area contributed by atoms with E-state index in [9.17, 15) is 9.90 Å². The van der Waals surface area contributed by atoms with E-state index in [1.165, 1.54) is 0 Å². The van der Waals surface area contributed by atoms with Gasteiger partial charge in [0.1, 0.15) is 17.4 Å². The van der Waals surface area contributed by atoms with Gasteiger partial charge < -0.3 is 24.1 Å². The largest absolute Gasteiger partial charge is 0.388 e. The van der Waals surface area contributed by atoms with Crippen LogP contribution < -0.4 is 0 Å². The summed E-state index contributed by atoms with van der Waals surface area (Å²) in [6.07, 6.45) is 2.82. The third-order valence-corrected chi connectivity index (χ3v) is 8.73. The predicted molar refractivity (Wildman–Crippen MR) is 123 cm³/mol. The second-order valence-electron chi connectivity index (χ2n) is 10.9. The SMILES string of the molecule is CC(=O)c1cccc(-n2cc(CO[C@H]3O[C@@H]4O[C@@]5(C)O[C@]46[C@@H](CC[C@@H](C)[C@@H]6C[C@H]5O)[C@H]3C)nn2)c1. The van der Waals surface area contributed by atoms with Gasteiger partial charge in [0.25, 0.3) is 0 Å². The Hall–Kier alpha value is -2.17. The van der Waals surface area contributed by atoms with Crippen LogP contribution in [0.15, 0.2) is 30.5 Å². The van der Waals surface area contributed by atoms with Crippen LogP contribution in [0.3, 0.4) is 0 Å². The van der Waals surface area contributed by atoms with Crippen molar-refractivity contribution in [2.24, 2.45) is 23.7 Å². The van der Waals surface area contributed by atoms with Gasteiger partial charge in [-0.1, -0.05) is 31.2 Å². The van der Waals surface area contributed by atoms with Crippen LogP contribution in [0, 0.1) is 23.7 Å². The van der Waals surface area contributed by atoms with Crippen molar-refractivity contribution in [3.05, 3.63) is 41.7 Å². The number of benzene rings is 1. The monoisotopic (exact) mass is 483 g/mol. The molecule has 1 spiro atoms. The predicted octanol–water partition coefficient (Wildman–Crippen LogP) is 3.23. The average Bonchev–Trinajstić information content (AvgIpc) is 3.40. The van der Waals surface area contributed by atoms with Gasteiger partial charge in [-0.05, 0) is 57.1 Å². The Labute approximate surface area is 204 Å². The number of nitrogens with zero attached hydrogens (tertiary/aromatic N) is 3.